The molecule has 37 heavy (non-hydrogen) atoms. The number of halogens is 4. The van der Waals surface area contributed by atoms with Crippen LogP contribution in [0.15, 0.2) is 66.7 Å². The fraction of sp³-hybridized carbons (Fsp3) is 0.345. The van der Waals surface area contributed by atoms with Crippen LogP contribution in [0.5, 0.6) is 5.75 Å². The monoisotopic (exact) mass is 516 g/mol. The van der Waals surface area contributed by atoms with E-state index in [4.69, 9.17) is 4.74 Å². The van der Waals surface area contributed by atoms with Crippen molar-refractivity contribution in [2.75, 3.05) is 10.6 Å². The van der Waals surface area contributed by atoms with Crippen LogP contribution in [0.4, 0.5) is 34.6 Å². The van der Waals surface area contributed by atoms with Gasteiger partial charge in [-0.15, -0.1) is 0 Å². The zero-order valence-corrected chi connectivity index (χ0v) is 21.0. The number of alkyl halides is 3. The molecule has 0 spiro atoms. The van der Waals surface area contributed by atoms with E-state index in [1.165, 1.54) is 24.3 Å². The zero-order chi connectivity index (χ0) is 26.8. The van der Waals surface area contributed by atoms with E-state index in [1.807, 2.05) is 30.3 Å². The molecule has 0 saturated carbocycles. The first-order valence-corrected chi connectivity index (χ1v) is 12.4. The van der Waals surface area contributed by atoms with E-state index in [0.717, 1.165) is 37.0 Å². The van der Waals surface area contributed by atoms with E-state index in [9.17, 15) is 22.4 Å². The quantitative estimate of drug-likeness (QED) is 0.237. The number of hydrogen-bond acceptors (Lipinski definition) is 3. The molecule has 8 heteroatoms. The Morgan fingerprint density at radius 2 is 1.70 bits per heavy atom. The van der Waals surface area contributed by atoms with E-state index in [0.29, 0.717) is 12.3 Å². The number of hydrogen-bond donors (Lipinski definition) is 2. The van der Waals surface area contributed by atoms with Crippen LogP contribution in [-0.2, 0) is 17.6 Å². The van der Waals surface area contributed by atoms with E-state index in [2.05, 4.69) is 24.5 Å². The minimum atomic E-state index is -4.65. The lowest BCUT2D eigenvalue weighted by molar-refractivity contribution is -0.137. The smallest absolute Gasteiger partial charge is 0.418 e. The number of rotatable bonds is 12. The molecule has 198 valence electrons. The Hall–Kier alpha value is -3.55. The zero-order valence-electron chi connectivity index (χ0n) is 21.0. The number of carbonyl (C=O) groups is 1. The summed E-state index contributed by atoms with van der Waals surface area (Å²) >= 11 is 0. The Kier molecular flexibility index (Phi) is 9.94. The molecule has 0 fully saturated rings. The van der Waals surface area contributed by atoms with Gasteiger partial charge in [-0.25, -0.2) is 4.39 Å². The lowest BCUT2D eigenvalue weighted by atomic mass is 9.95. The van der Waals surface area contributed by atoms with Gasteiger partial charge in [0.05, 0.1) is 16.9 Å². The molecule has 3 aromatic rings. The SMILES string of the molecule is CCCC(CC)CCC(=O)Nc1cc(Nc2ccc(OCc3ccccc3)cc2C(F)(F)F)ccc1F. The molecule has 0 aliphatic carbocycles. The fourth-order valence-electron chi connectivity index (χ4n) is 4.06. The number of ether oxygens (including phenoxy) is 1. The summed E-state index contributed by atoms with van der Waals surface area (Å²) < 4.78 is 61.4. The molecule has 4 nitrogen and oxygen atoms in total. The van der Waals surface area contributed by atoms with E-state index in [-0.39, 0.29) is 41.7 Å². The van der Waals surface area contributed by atoms with Crippen LogP contribution >= 0.6 is 0 Å². The molecule has 0 aromatic heterocycles. The van der Waals surface area contributed by atoms with E-state index >= 15 is 0 Å². The lowest BCUT2D eigenvalue weighted by Gasteiger charge is -2.17. The van der Waals surface area contributed by atoms with Gasteiger partial charge in [0.15, 0.2) is 0 Å². The maximum Gasteiger partial charge on any atom is 0.418 e. The van der Waals surface area contributed by atoms with Gasteiger partial charge in [-0.2, -0.15) is 13.2 Å². The topological polar surface area (TPSA) is 50.4 Å². The van der Waals surface area contributed by atoms with Crippen molar-refractivity contribution in [1.82, 2.24) is 0 Å². The fourth-order valence-corrected chi connectivity index (χ4v) is 4.06. The van der Waals surface area contributed by atoms with Crippen molar-refractivity contribution in [3.63, 3.8) is 0 Å². The Balaban J connectivity index is 1.72. The summed E-state index contributed by atoms with van der Waals surface area (Å²) in [5.41, 5.74) is -0.189. The van der Waals surface area contributed by atoms with Gasteiger partial charge in [-0.3, -0.25) is 4.79 Å². The molecular formula is C29H32F4N2O2. The minimum Gasteiger partial charge on any atom is -0.489 e. The Labute approximate surface area is 215 Å². The molecule has 0 bridgehead atoms. The molecule has 1 amide bonds. The number of benzene rings is 3. The Morgan fingerprint density at radius 1 is 0.946 bits per heavy atom. The molecule has 0 aliphatic rings. The summed E-state index contributed by atoms with van der Waals surface area (Å²) in [4.78, 5) is 12.4. The van der Waals surface area contributed by atoms with Gasteiger partial charge in [-0.05, 0) is 54.3 Å². The maximum atomic E-state index is 14.4. The molecule has 2 N–H and O–H groups in total. The average Bonchev–Trinajstić information content (AvgIpc) is 2.88. The highest BCUT2D eigenvalue weighted by Gasteiger charge is 2.34. The van der Waals surface area contributed by atoms with Gasteiger partial charge >= 0.3 is 6.18 Å². The summed E-state index contributed by atoms with van der Waals surface area (Å²) in [6.07, 6.45) is -0.689. The molecule has 0 heterocycles. The van der Waals surface area contributed by atoms with E-state index < -0.39 is 17.6 Å². The third-order valence-electron chi connectivity index (χ3n) is 6.12. The van der Waals surface area contributed by atoms with Crippen LogP contribution in [-0.4, -0.2) is 5.91 Å². The molecule has 3 aromatic carbocycles. The maximum absolute atomic E-state index is 14.4. The molecule has 1 unspecified atom stereocenters. The lowest BCUT2D eigenvalue weighted by Crippen LogP contribution is -2.14. The third-order valence-corrected chi connectivity index (χ3v) is 6.12. The highest BCUT2D eigenvalue weighted by Crippen LogP contribution is 2.39. The highest BCUT2D eigenvalue weighted by atomic mass is 19.4. The summed E-state index contributed by atoms with van der Waals surface area (Å²) in [6, 6.07) is 16.5. The second kappa shape index (κ2) is 13.1. The van der Waals surface area contributed by atoms with Crippen molar-refractivity contribution in [1.29, 1.82) is 0 Å². The van der Waals surface area contributed by atoms with Crippen molar-refractivity contribution < 1.29 is 27.1 Å². The van der Waals surface area contributed by atoms with Gasteiger partial charge in [0.1, 0.15) is 18.2 Å². The normalized spacial score (nSPS) is 12.2. The number of amides is 1. The van der Waals surface area contributed by atoms with Crippen molar-refractivity contribution in [3.8, 4) is 5.75 Å². The molecule has 0 aliphatic heterocycles. The van der Waals surface area contributed by atoms with Gasteiger partial charge < -0.3 is 15.4 Å². The number of anilines is 3. The Morgan fingerprint density at radius 3 is 2.38 bits per heavy atom. The first kappa shape index (κ1) is 28.0. The average molecular weight is 517 g/mol. The van der Waals surface area contributed by atoms with Gasteiger partial charge in [0.2, 0.25) is 5.91 Å². The predicted octanol–water partition coefficient (Wildman–Crippen LogP) is 8.71. The van der Waals surface area contributed by atoms with Crippen LogP contribution in [0.2, 0.25) is 0 Å². The van der Waals surface area contributed by atoms with Crippen molar-refractivity contribution in [2.45, 2.75) is 58.7 Å². The second-order valence-electron chi connectivity index (χ2n) is 8.95. The van der Waals surface area contributed by atoms with Crippen molar-refractivity contribution >= 4 is 23.0 Å². The third kappa shape index (κ3) is 8.51. The van der Waals surface area contributed by atoms with Crippen LogP contribution in [0.25, 0.3) is 0 Å². The largest absolute Gasteiger partial charge is 0.489 e. The molecular weight excluding hydrogens is 484 g/mol. The molecule has 0 saturated heterocycles. The van der Waals surface area contributed by atoms with E-state index in [1.54, 1.807) is 0 Å². The van der Waals surface area contributed by atoms with Crippen molar-refractivity contribution in [3.05, 3.63) is 83.7 Å². The van der Waals surface area contributed by atoms with Crippen molar-refractivity contribution in [2.24, 2.45) is 5.92 Å². The second-order valence-corrected chi connectivity index (χ2v) is 8.95. The summed E-state index contributed by atoms with van der Waals surface area (Å²) in [5, 5.41) is 5.25. The van der Waals surface area contributed by atoms with Crippen LogP contribution in [0.3, 0.4) is 0 Å². The van der Waals surface area contributed by atoms with Crippen LogP contribution in [0, 0.1) is 11.7 Å². The molecule has 0 radical (unpaired) electrons. The standard InChI is InChI=1S/C29H32F4N2O2/c1-3-8-20(4-2)11-16-28(36)35-27-17-22(12-14-25(27)30)34-26-15-13-23(18-24(26)29(31,32)33)37-19-21-9-6-5-7-10-21/h5-7,9-10,12-15,17-18,20,34H,3-4,8,11,16,19H2,1-2H3,(H,35,36). The molecule has 3 rings (SSSR count). The van der Waals surface area contributed by atoms with Gasteiger partial charge in [-0.1, -0.05) is 63.4 Å². The van der Waals surface area contributed by atoms with Crippen LogP contribution in [0.1, 0.15) is 57.1 Å². The summed E-state index contributed by atoms with van der Waals surface area (Å²) in [5.74, 6) is -0.502. The first-order valence-electron chi connectivity index (χ1n) is 12.4. The number of carbonyl (C=O) groups excluding carboxylic acids is 1. The summed E-state index contributed by atoms with van der Waals surface area (Å²) in [7, 11) is 0. The summed E-state index contributed by atoms with van der Waals surface area (Å²) in [6.45, 7) is 4.29. The molecule has 1 atom stereocenters. The van der Waals surface area contributed by atoms with Gasteiger partial charge in [0.25, 0.3) is 0 Å². The first-order chi connectivity index (χ1) is 17.7. The number of nitrogens with one attached hydrogen (secondary N) is 2. The minimum absolute atomic E-state index is 0.0715. The predicted molar refractivity (Wildman–Crippen MR) is 138 cm³/mol. The Bertz CT molecular complexity index is 1170. The van der Waals surface area contributed by atoms with Crippen LogP contribution < -0.4 is 15.4 Å². The van der Waals surface area contributed by atoms with Gasteiger partial charge in [0, 0.05) is 12.1 Å². The highest BCUT2D eigenvalue weighted by molar-refractivity contribution is 5.91.